The number of hydrogen-bond acceptors (Lipinski definition) is 10. The molecular weight excluding hydrogens is 635 g/mol. The number of hydrogen-bond donors (Lipinski definition) is 2. The molecule has 0 aromatic heterocycles. The van der Waals surface area contributed by atoms with Crippen molar-refractivity contribution in [2.24, 2.45) is 5.41 Å². The number of allylic oxidation sites excluding steroid dienone is 1. The Morgan fingerprint density at radius 1 is 0.750 bits per heavy atom. The molecule has 0 unspecified atom stereocenters. The van der Waals surface area contributed by atoms with Gasteiger partial charge in [0.05, 0.1) is 41.1 Å². The van der Waals surface area contributed by atoms with Crippen LogP contribution in [0.15, 0.2) is 99.9 Å². The number of phenolic OH excluding ortho intramolecular Hbond substituents is 2. The number of rotatable bonds is 5. The summed E-state index contributed by atoms with van der Waals surface area (Å²) in [6, 6.07) is 20.8. The Kier molecular flexibility index (Phi) is 8.00. The minimum absolute atomic E-state index is 0.0227. The lowest BCUT2D eigenvalue weighted by atomic mass is 9.87. The highest BCUT2D eigenvalue weighted by molar-refractivity contribution is 8.26. The van der Waals surface area contributed by atoms with Crippen molar-refractivity contribution in [3.05, 3.63) is 91.4 Å². The molecule has 0 bridgehead atoms. The van der Waals surface area contributed by atoms with Crippen LogP contribution in [0, 0.1) is 16.7 Å². The van der Waals surface area contributed by atoms with Gasteiger partial charge in [-0.1, -0.05) is 128 Å². The molecule has 0 aliphatic carbocycles. The van der Waals surface area contributed by atoms with Gasteiger partial charge in [-0.3, -0.25) is 14.4 Å². The Balaban J connectivity index is 1.36. The summed E-state index contributed by atoms with van der Waals surface area (Å²) in [5.74, 6) is -1.51. The molecule has 3 aromatic rings. The number of fused-ring (bicyclic) bond motifs is 2. The molecule has 0 radical (unpaired) electrons. The first kappa shape index (κ1) is 30.3. The second-order valence-corrected chi connectivity index (χ2v) is 15.7. The quantitative estimate of drug-likeness (QED) is 0.128. The third-order valence-corrected chi connectivity index (χ3v) is 12.2. The average molecular weight is 660 g/mol. The van der Waals surface area contributed by atoms with Crippen LogP contribution in [-0.2, 0) is 27.5 Å². The summed E-state index contributed by atoms with van der Waals surface area (Å²) in [4.78, 5) is 42.0. The van der Waals surface area contributed by atoms with E-state index in [0.717, 1.165) is 58.2 Å². The van der Waals surface area contributed by atoms with Gasteiger partial charge in [0.15, 0.2) is 5.78 Å². The third kappa shape index (κ3) is 5.28. The fourth-order valence-corrected chi connectivity index (χ4v) is 10.1. The number of aromatic hydroxyl groups is 2. The highest BCUT2D eigenvalue weighted by atomic mass is 32.2. The van der Waals surface area contributed by atoms with E-state index in [1.54, 1.807) is 20.8 Å². The normalized spacial score (nSPS) is 16.0. The van der Waals surface area contributed by atoms with Gasteiger partial charge < -0.3 is 10.2 Å². The number of phenols is 2. The topological polar surface area (TPSA) is 122 Å². The molecule has 0 atom stereocenters. The second kappa shape index (κ2) is 11.6. The molecule has 1 fully saturated rings. The molecule has 8 nitrogen and oxygen atoms in total. The lowest BCUT2D eigenvalue weighted by Crippen LogP contribution is -2.39. The second-order valence-electron chi connectivity index (χ2n) is 11.1. The maximum atomic E-state index is 13.9. The summed E-state index contributed by atoms with van der Waals surface area (Å²) < 4.78 is 0.754. The van der Waals surface area contributed by atoms with Gasteiger partial charge >= 0.3 is 0 Å². The Hall–Kier alpha value is -3.76. The van der Waals surface area contributed by atoms with Crippen LogP contribution in [0.3, 0.4) is 0 Å². The predicted molar refractivity (Wildman–Crippen MR) is 171 cm³/mol. The number of nitriles is 1. The van der Waals surface area contributed by atoms with Crippen molar-refractivity contribution in [3.63, 3.8) is 0 Å². The molecule has 3 heterocycles. The van der Waals surface area contributed by atoms with Crippen LogP contribution in [-0.4, -0.2) is 37.8 Å². The minimum Gasteiger partial charge on any atom is -0.505 e. The van der Waals surface area contributed by atoms with E-state index >= 15 is 0 Å². The highest BCUT2D eigenvalue weighted by Gasteiger charge is 2.46. The molecule has 222 valence electrons. The molecule has 3 aromatic carbocycles. The van der Waals surface area contributed by atoms with Crippen LogP contribution in [0.2, 0.25) is 0 Å². The fourth-order valence-electron chi connectivity index (χ4n) is 4.77. The number of carbonyl (C=O) groups excluding carboxylic acids is 3. The van der Waals surface area contributed by atoms with Crippen molar-refractivity contribution in [2.75, 3.05) is 0 Å². The highest BCUT2D eigenvalue weighted by Crippen LogP contribution is 2.68. The third-order valence-electron chi connectivity index (χ3n) is 7.02. The molecular formula is C32H25N3O5S4. The van der Waals surface area contributed by atoms with Gasteiger partial charge in [-0.05, 0) is 11.1 Å². The summed E-state index contributed by atoms with van der Waals surface area (Å²) in [7, 11) is 0. The molecule has 0 saturated carbocycles. The maximum absolute atomic E-state index is 13.9. The van der Waals surface area contributed by atoms with E-state index < -0.39 is 17.2 Å². The molecule has 3 aliphatic rings. The average Bonchev–Trinajstić information content (AvgIpc) is 3.70. The zero-order valence-corrected chi connectivity index (χ0v) is 27.0. The number of Topliss-reactive ketones (excluding diaryl/α,β-unsaturated/α-hetero) is 1. The molecule has 3 aliphatic heterocycles. The first-order valence-electron chi connectivity index (χ1n) is 13.5. The molecule has 44 heavy (non-hydrogen) atoms. The van der Waals surface area contributed by atoms with Crippen LogP contribution in [0.25, 0.3) is 0 Å². The molecule has 2 amide bonds. The van der Waals surface area contributed by atoms with Crippen molar-refractivity contribution < 1.29 is 24.6 Å². The van der Waals surface area contributed by atoms with E-state index in [9.17, 15) is 29.9 Å². The van der Waals surface area contributed by atoms with Crippen LogP contribution < -0.4 is 0 Å². The van der Waals surface area contributed by atoms with Crippen molar-refractivity contribution in [2.45, 2.75) is 53.4 Å². The van der Waals surface area contributed by atoms with Crippen LogP contribution in [0.5, 0.6) is 11.5 Å². The van der Waals surface area contributed by atoms with Crippen molar-refractivity contribution in [1.29, 1.82) is 5.26 Å². The van der Waals surface area contributed by atoms with Crippen molar-refractivity contribution in [3.8, 4) is 17.6 Å². The maximum Gasteiger partial charge on any atom is 0.280 e. The summed E-state index contributed by atoms with van der Waals surface area (Å²) >= 11 is 4.23. The summed E-state index contributed by atoms with van der Waals surface area (Å²) in [5.41, 5.74) is 0.893. The number of ketones is 1. The van der Waals surface area contributed by atoms with E-state index in [-0.39, 0.29) is 41.5 Å². The van der Waals surface area contributed by atoms with Crippen LogP contribution in [0.4, 0.5) is 0 Å². The summed E-state index contributed by atoms with van der Waals surface area (Å²) in [6.07, 6.45) is 0. The molecule has 6 rings (SSSR count). The van der Waals surface area contributed by atoms with E-state index in [1.807, 2.05) is 66.7 Å². The van der Waals surface area contributed by atoms with Crippen LogP contribution in [0.1, 0.15) is 31.9 Å². The van der Waals surface area contributed by atoms with Gasteiger partial charge in [0.1, 0.15) is 28.7 Å². The molecule has 0 spiro atoms. The number of thioether (sulfide) groups is 4. The van der Waals surface area contributed by atoms with Crippen molar-refractivity contribution >= 4 is 64.6 Å². The Bertz CT molecular complexity index is 1740. The zero-order chi connectivity index (χ0) is 31.3. The zero-order valence-electron chi connectivity index (χ0n) is 23.8. The molecule has 1 saturated heterocycles. The molecule has 2 N–H and O–H groups in total. The predicted octanol–water partition coefficient (Wildman–Crippen LogP) is 7.04. The standard InChI is InChI=1S/C32H25N3O5S4/c1-32(2,3)27(38)19(14-33)30-41-23-21(36)25-26(22(37)24(23)42-30)44-31(43-25)20-28(39)34(15-17-10-6-4-7-11-17)35(29(20)40)16-18-12-8-5-9-13-18/h4-13,36-37H,15-16H2,1-3H3. The summed E-state index contributed by atoms with van der Waals surface area (Å²) in [5, 5.41) is 35.3. The number of nitrogens with zero attached hydrogens (tertiary/aromatic N) is 3. The Morgan fingerprint density at radius 3 is 1.55 bits per heavy atom. The Labute approximate surface area is 271 Å². The molecule has 12 heteroatoms. The van der Waals surface area contributed by atoms with E-state index in [2.05, 4.69) is 0 Å². The van der Waals surface area contributed by atoms with Gasteiger partial charge in [0.2, 0.25) is 0 Å². The van der Waals surface area contributed by atoms with E-state index in [1.165, 1.54) is 10.0 Å². The monoisotopic (exact) mass is 659 g/mol. The van der Waals surface area contributed by atoms with Gasteiger partial charge in [-0.15, -0.1) is 0 Å². The first-order chi connectivity index (χ1) is 21.0. The number of carbonyl (C=O) groups is 3. The fraction of sp³-hybridized carbons (Fsp3) is 0.188. The lowest BCUT2D eigenvalue weighted by molar-refractivity contribution is -0.149. The number of hydrazine groups is 1. The smallest absolute Gasteiger partial charge is 0.280 e. The Morgan fingerprint density at radius 2 is 1.16 bits per heavy atom. The van der Waals surface area contributed by atoms with Gasteiger partial charge in [-0.2, -0.15) is 5.26 Å². The van der Waals surface area contributed by atoms with Gasteiger partial charge in [-0.25, -0.2) is 10.0 Å². The van der Waals surface area contributed by atoms with Crippen molar-refractivity contribution in [1.82, 2.24) is 10.0 Å². The lowest BCUT2D eigenvalue weighted by Gasteiger charge is -2.27. The van der Waals surface area contributed by atoms with Gasteiger partial charge in [0, 0.05) is 5.41 Å². The minimum atomic E-state index is -0.782. The van der Waals surface area contributed by atoms with Crippen LogP contribution >= 0.6 is 47.0 Å². The first-order valence-corrected chi connectivity index (χ1v) is 16.7. The summed E-state index contributed by atoms with van der Waals surface area (Å²) in [6.45, 7) is 5.57. The number of amides is 2. The number of benzene rings is 3. The largest absolute Gasteiger partial charge is 0.505 e. The van der Waals surface area contributed by atoms with Gasteiger partial charge in [0.25, 0.3) is 11.8 Å². The van der Waals surface area contributed by atoms with E-state index in [4.69, 9.17) is 0 Å². The SMILES string of the molecule is CC(C)(C)C(=O)C(C#N)=C1Sc2c(O)c3c(c(O)c2S1)SC(=C1C(=O)N(Cc2ccccc2)N(Cc2ccccc2)C1=O)S3. The van der Waals surface area contributed by atoms with E-state index in [0.29, 0.717) is 28.1 Å².